The van der Waals surface area contributed by atoms with Crippen LogP contribution in [0.2, 0.25) is 0 Å². The Kier molecular flexibility index (Phi) is 6.10. The second kappa shape index (κ2) is 8.15. The molecule has 1 N–H and O–H groups in total. The van der Waals surface area contributed by atoms with Crippen molar-refractivity contribution in [2.75, 3.05) is 0 Å². The maximum Gasteiger partial charge on any atom is 0.309 e. The minimum absolute atomic E-state index is 0.340. The summed E-state index contributed by atoms with van der Waals surface area (Å²) in [5, 5.41) is 9.26. The van der Waals surface area contributed by atoms with Gasteiger partial charge in [-0.3, -0.25) is 4.79 Å². The predicted molar refractivity (Wildman–Crippen MR) is 108 cm³/mol. The molecule has 2 nitrogen and oxygen atoms in total. The Morgan fingerprint density at radius 1 is 0.923 bits per heavy atom. The highest BCUT2D eigenvalue weighted by molar-refractivity contribution is 5.77. The number of hydrogen-bond donors (Lipinski definition) is 1. The van der Waals surface area contributed by atoms with Gasteiger partial charge in [0.15, 0.2) is 0 Å². The van der Waals surface area contributed by atoms with Crippen LogP contribution in [0, 0.1) is 17.8 Å². The van der Waals surface area contributed by atoms with E-state index >= 15 is 0 Å². The molecule has 26 heavy (non-hydrogen) atoms. The van der Waals surface area contributed by atoms with Crippen molar-refractivity contribution in [1.82, 2.24) is 0 Å². The first-order chi connectivity index (χ1) is 12.4. The topological polar surface area (TPSA) is 37.3 Å². The van der Waals surface area contributed by atoms with Crippen LogP contribution < -0.4 is 0 Å². The molecular weight excluding hydrogens is 320 g/mol. The smallest absolute Gasteiger partial charge is 0.309 e. The predicted octanol–water partition coefficient (Wildman–Crippen LogP) is 6.48. The van der Waals surface area contributed by atoms with E-state index in [4.69, 9.17) is 0 Å². The molecule has 3 rings (SSSR count). The SMILES string of the molecule is Cc1ccc(CCCCCC2(C(=O)O)CC2)c(CCCCC2(C)CC2)c1. The summed E-state index contributed by atoms with van der Waals surface area (Å²) in [4.78, 5) is 11.2. The third-order valence-electron chi connectivity index (χ3n) is 6.85. The van der Waals surface area contributed by atoms with Crippen molar-refractivity contribution in [3.05, 3.63) is 34.9 Å². The molecule has 1 aromatic carbocycles. The molecule has 2 aliphatic rings. The number of carboxylic acid groups (broad SMARTS) is 1. The van der Waals surface area contributed by atoms with Gasteiger partial charge in [0.05, 0.1) is 5.41 Å². The van der Waals surface area contributed by atoms with Gasteiger partial charge in [-0.05, 0) is 87.7 Å². The number of carboxylic acids is 1. The lowest BCUT2D eigenvalue weighted by atomic mass is 9.93. The maximum absolute atomic E-state index is 11.2. The van der Waals surface area contributed by atoms with Crippen LogP contribution in [0.4, 0.5) is 0 Å². The molecule has 0 heterocycles. The molecule has 2 fully saturated rings. The van der Waals surface area contributed by atoms with Crippen molar-refractivity contribution in [3.63, 3.8) is 0 Å². The quantitative estimate of drug-likeness (QED) is 0.435. The highest BCUT2D eigenvalue weighted by atomic mass is 16.4. The lowest BCUT2D eigenvalue weighted by Crippen LogP contribution is -2.14. The monoisotopic (exact) mass is 356 g/mol. The van der Waals surface area contributed by atoms with Crippen molar-refractivity contribution in [2.24, 2.45) is 10.8 Å². The van der Waals surface area contributed by atoms with Crippen LogP contribution in [0.15, 0.2) is 18.2 Å². The average Bonchev–Trinajstić information content (AvgIpc) is 3.51. The van der Waals surface area contributed by atoms with Crippen molar-refractivity contribution in [3.8, 4) is 0 Å². The van der Waals surface area contributed by atoms with Crippen LogP contribution in [-0.2, 0) is 17.6 Å². The van der Waals surface area contributed by atoms with Crippen LogP contribution in [0.3, 0.4) is 0 Å². The summed E-state index contributed by atoms with van der Waals surface area (Å²) in [6, 6.07) is 6.96. The van der Waals surface area contributed by atoms with Gasteiger partial charge in [0, 0.05) is 0 Å². The van der Waals surface area contributed by atoms with E-state index < -0.39 is 5.97 Å². The zero-order chi connectivity index (χ0) is 18.6. The maximum atomic E-state index is 11.2. The van der Waals surface area contributed by atoms with E-state index in [1.54, 1.807) is 5.56 Å². The van der Waals surface area contributed by atoms with E-state index in [2.05, 4.69) is 32.0 Å². The van der Waals surface area contributed by atoms with E-state index in [1.807, 2.05) is 0 Å². The van der Waals surface area contributed by atoms with Crippen LogP contribution in [-0.4, -0.2) is 11.1 Å². The molecule has 0 aromatic heterocycles. The molecule has 2 heteroatoms. The van der Waals surface area contributed by atoms with Gasteiger partial charge in [-0.25, -0.2) is 0 Å². The number of benzene rings is 1. The summed E-state index contributed by atoms with van der Waals surface area (Å²) in [5.74, 6) is -0.571. The minimum Gasteiger partial charge on any atom is -0.481 e. The van der Waals surface area contributed by atoms with Gasteiger partial charge in [-0.15, -0.1) is 0 Å². The number of hydrogen-bond acceptors (Lipinski definition) is 1. The third kappa shape index (κ3) is 5.34. The Morgan fingerprint density at radius 3 is 2.23 bits per heavy atom. The van der Waals surface area contributed by atoms with Crippen molar-refractivity contribution < 1.29 is 9.90 Å². The number of carbonyl (C=O) groups is 1. The number of unbranched alkanes of at least 4 members (excludes halogenated alkanes) is 3. The largest absolute Gasteiger partial charge is 0.481 e. The first-order valence-corrected chi connectivity index (χ1v) is 10.7. The molecule has 0 radical (unpaired) electrons. The second-order valence-corrected chi connectivity index (χ2v) is 9.44. The van der Waals surface area contributed by atoms with Gasteiger partial charge >= 0.3 is 5.97 Å². The zero-order valence-corrected chi connectivity index (χ0v) is 16.8. The fourth-order valence-corrected chi connectivity index (χ4v) is 4.24. The third-order valence-corrected chi connectivity index (χ3v) is 6.85. The van der Waals surface area contributed by atoms with E-state index in [0.717, 1.165) is 38.5 Å². The number of aliphatic carboxylic acids is 1. The first kappa shape index (κ1) is 19.5. The Balaban J connectivity index is 1.39. The highest BCUT2D eigenvalue weighted by Gasteiger charge is 2.49. The van der Waals surface area contributed by atoms with Crippen molar-refractivity contribution >= 4 is 5.97 Å². The van der Waals surface area contributed by atoms with E-state index in [9.17, 15) is 9.90 Å². The van der Waals surface area contributed by atoms with Crippen molar-refractivity contribution in [2.45, 2.75) is 97.3 Å². The molecule has 0 unspecified atom stereocenters. The minimum atomic E-state index is -0.571. The fraction of sp³-hybridized carbons (Fsp3) is 0.708. The molecule has 0 saturated heterocycles. The van der Waals surface area contributed by atoms with Gasteiger partial charge in [-0.2, -0.15) is 0 Å². The summed E-state index contributed by atoms with van der Waals surface area (Å²) in [6.45, 7) is 4.63. The van der Waals surface area contributed by atoms with Crippen molar-refractivity contribution in [1.29, 1.82) is 0 Å². The lowest BCUT2D eigenvalue weighted by molar-refractivity contribution is -0.143. The molecule has 1 aromatic rings. The molecule has 144 valence electrons. The molecule has 2 saturated carbocycles. The molecule has 0 aliphatic heterocycles. The Labute approximate surface area is 159 Å². The highest BCUT2D eigenvalue weighted by Crippen LogP contribution is 2.50. The van der Waals surface area contributed by atoms with Crippen LogP contribution in [0.25, 0.3) is 0 Å². The number of aryl methyl sites for hydroxylation is 3. The molecule has 0 bridgehead atoms. The fourth-order valence-electron chi connectivity index (χ4n) is 4.24. The van der Waals surface area contributed by atoms with Crippen LogP contribution >= 0.6 is 0 Å². The number of rotatable bonds is 12. The van der Waals surface area contributed by atoms with Gasteiger partial charge in [0.1, 0.15) is 0 Å². The molecule has 0 spiro atoms. The molecular formula is C24H36O2. The summed E-state index contributed by atoms with van der Waals surface area (Å²) in [5.41, 5.74) is 4.79. The first-order valence-electron chi connectivity index (χ1n) is 10.7. The summed E-state index contributed by atoms with van der Waals surface area (Å²) >= 11 is 0. The Hall–Kier alpha value is -1.31. The summed E-state index contributed by atoms with van der Waals surface area (Å²) < 4.78 is 0. The second-order valence-electron chi connectivity index (χ2n) is 9.44. The van der Waals surface area contributed by atoms with E-state index in [-0.39, 0.29) is 5.41 Å². The standard InChI is InChI=1S/C24H36O2/c1-19-10-11-20(8-4-3-6-13-24(16-17-24)22(25)26)21(18-19)9-5-7-12-23(2)14-15-23/h10-11,18H,3-9,12-17H2,1-2H3,(H,25,26). The van der Waals surface area contributed by atoms with Gasteiger partial charge in [0.2, 0.25) is 0 Å². The Morgan fingerprint density at radius 2 is 1.58 bits per heavy atom. The summed E-state index contributed by atoms with van der Waals surface area (Å²) in [7, 11) is 0. The van der Waals surface area contributed by atoms with E-state index in [0.29, 0.717) is 5.41 Å². The van der Waals surface area contributed by atoms with Gasteiger partial charge < -0.3 is 5.11 Å². The van der Waals surface area contributed by atoms with Gasteiger partial charge in [-0.1, -0.05) is 49.9 Å². The van der Waals surface area contributed by atoms with Gasteiger partial charge in [0.25, 0.3) is 0 Å². The average molecular weight is 357 g/mol. The normalized spacial score (nSPS) is 19.3. The van der Waals surface area contributed by atoms with E-state index in [1.165, 1.54) is 56.1 Å². The molecule has 0 amide bonds. The Bertz CT molecular complexity index is 623. The summed E-state index contributed by atoms with van der Waals surface area (Å²) in [6.07, 6.45) is 15.4. The lowest BCUT2D eigenvalue weighted by Gasteiger charge is -2.13. The molecule has 0 atom stereocenters. The molecule has 2 aliphatic carbocycles. The van der Waals surface area contributed by atoms with Crippen LogP contribution in [0.5, 0.6) is 0 Å². The van der Waals surface area contributed by atoms with Crippen LogP contribution in [0.1, 0.15) is 94.2 Å². The zero-order valence-electron chi connectivity index (χ0n) is 16.8.